The van der Waals surface area contributed by atoms with Crippen molar-refractivity contribution < 1.29 is 19.1 Å². The van der Waals surface area contributed by atoms with E-state index < -0.39 is 11.9 Å². The largest absolute Gasteiger partial charge is 0.489 e. The van der Waals surface area contributed by atoms with Gasteiger partial charge in [0, 0.05) is 45.5 Å². The molecule has 2 saturated heterocycles. The molecule has 1 spiro atoms. The van der Waals surface area contributed by atoms with Crippen LogP contribution in [0.1, 0.15) is 47.7 Å². The Morgan fingerprint density at radius 1 is 1.10 bits per heavy atom. The lowest BCUT2D eigenvalue weighted by molar-refractivity contribution is -0.120. The molecule has 10 nitrogen and oxygen atoms in total. The van der Waals surface area contributed by atoms with Crippen molar-refractivity contribution >= 4 is 23.2 Å². The molecule has 2 amide bonds. The molecule has 4 heterocycles. The minimum Gasteiger partial charge on any atom is -0.489 e. The number of ether oxygens (including phenoxy) is 2. The fraction of sp³-hybridized carbons (Fsp3) is 0.448. The normalized spacial score (nSPS) is 20.7. The quantitative estimate of drug-likeness (QED) is 0.522. The van der Waals surface area contributed by atoms with Crippen LogP contribution in [0.5, 0.6) is 5.75 Å². The van der Waals surface area contributed by atoms with E-state index in [-0.39, 0.29) is 18.3 Å². The van der Waals surface area contributed by atoms with Crippen LogP contribution in [0.25, 0.3) is 0 Å². The van der Waals surface area contributed by atoms with E-state index in [1.54, 1.807) is 11.9 Å². The molecule has 10 heteroatoms. The van der Waals surface area contributed by atoms with Crippen molar-refractivity contribution in [2.75, 3.05) is 49.8 Å². The number of hydrogen-bond acceptors (Lipinski definition) is 7. The van der Waals surface area contributed by atoms with Crippen LogP contribution in [-0.4, -0.2) is 73.0 Å². The number of carbonyl (C=O) groups excluding carboxylic acids is 2. The van der Waals surface area contributed by atoms with Gasteiger partial charge in [-0.3, -0.25) is 14.7 Å². The van der Waals surface area contributed by atoms with Gasteiger partial charge >= 0.3 is 0 Å². The molecule has 2 N–H and O–H groups in total. The first kappa shape index (κ1) is 25.4. The standard InChI is InChI=1S/C29H34N6O4/c1-34-23-18-21(35-13-9-29(10-14-35)11-15-38-16-12-29)7-8-24(23)39-19-22(28(34)37)30-27(36)26-31-25(32-33-26)17-20-5-3-2-4-6-20/h2-8,18,22H,9-17,19H2,1H3,(H,30,36)(H,31,32,33)/t22-/m0/s1. The molecule has 6 rings (SSSR count). The molecule has 3 aliphatic heterocycles. The van der Waals surface area contributed by atoms with E-state index in [1.807, 2.05) is 42.5 Å². The summed E-state index contributed by atoms with van der Waals surface area (Å²) in [6.45, 7) is 3.73. The number of fused-ring (bicyclic) bond motifs is 1. The summed E-state index contributed by atoms with van der Waals surface area (Å²) in [7, 11) is 1.72. The summed E-state index contributed by atoms with van der Waals surface area (Å²) >= 11 is 0. The number of hydrogen-bond donors (Lipinski definition) is 2. The van der Waals surface area contributed by atoms with E-state index in [1.165, 1.54) is 0 Å². The molecule has 0 unspecified atom stereocenters. The van der Waals surface area contributed by atoms with E-state index in [4.69, 9.17) is 9.47 Å². The molecule has 0 bridgehead atoms. The van der Waals surface area contributed by atoms with E-state index in [0.717, 1.165) is 63.2 Å². The maximum absolute atomic E-state index is 13.4. The number of carbonyl (C=O) groups is 2. The van der Waals surface area contributed by atoms with Crippen molar-refractivity contribution in [3.05, 3.63) is 65.7 Å². The van der Waals surface area contributed by atoms with Crippen molar-refractivity contribution in [1.82, 2.24) is 20.5 Å². The highest BCUT2D eigenvalue weighted by Crippen LogP contribution is 2.42. The Balaban J connectivity index is 1.10. The Labute approximate surface area is 227 Å². The maximum Gasteiger partial charge on any atom is 0.291 e. The molecule has 3 aromatic rings. The van der Waals surface area contributed by atoms with Gasteiger partial charge in [0.15, 0.2) is 0 Å². The third-order valence-corrected chi connectivity index (χ3v) is 8.34. The lowest BCUT2D eigenvalue weighted by Gasteiger charge is -2.45. The van der Waals surface area contributed by atoms with Crippen LogP contribution in [-0.2, 0) is 16.0 Å². The number of piperidine rings is 1. The van der Waals surface area contributed by atoms with Crippen molar-refractivity contribution in [3.63, 3.8) is 0 Å². The summed E-state index contributed by atoms with van der Waals surface area (Å²) in [6, 6.07) is 14.9. The SMILES string of the molecule is CN1C(=O)[C@@H](NC(=O)c2n[nH]c(Cc3ccccc3)n2)COc2ccc(N3CCC4(CCOCC4)CC3)cc21. The highest BCUT2D eigenvalue weighted by Gasteiger charge is 2.37. The Morgan fingerprint density at radius 2 is 1.87 bits per heavy atom. The Bertz CT molecular complexity index is 1330. The molecule has 2 aromatic carbocycles. The number of anilines is 2. The monoisotopic (exact) mass is 530 g/mol. The predicted octanol–water partition coefficient (Wildman–Crippen LogP) is 2.95. The molecule has 2 fully saturated rings. The molecule has 0 aliphatic carbocycles. The van der Waals surface area contributed by atoms with Gasteiger partial charge in [-0.05, 0) is 54.9 Å². The van der Waals surface area contributed by atoms with Crippen LogP contribution < -0.4 is 19.9 Å². The molecule has 39 heavy (non-hydrogen) atoms. The Kier molecular flexibility index (Phi) is 6.95. The average molecular weight is 531 g/mol. The second-order valence-electron chi connectivity index (χ2n) is 10.8. The van der Waals surface area contributed by atoms with Gasteiger partial charge < -0.3 is 24.6 Å². The van der Waals surface area contributed by atoms with Gasteiger partial charge in [0.2, 0.25) is 5.82 Å². The molecule has 3 aliphatic rings. The van der Waals surface area contributed by atoms with Crippen molar-refractivity contribution in [1.29, 1.82) is 0 Å². The average Bonchev–Trinajstić information content (AvgIpc) is 3.40. The Morgan fingerprint density at radius 3 is 2.64 bits per heavy atom. The summed E-state index contributed by atoms with van der Waals surface area (Å²) in [4.78, 5) is 34.5. The second kappa shape index (κ2) is 10.7. The molecular formula is C29H34N6O4. The summed E-state index contributed by atoms with van der Waals surface area (Å²) in [6.07, 6.45) is 5.12. The van der Waals surface area contributed by atoms with Crippen LogP contribution in [0.4, 0.5) is 11.4 Å². The predicted molar refractivity (Wildman–Crippen MR) is 146 cm³/mol. The summed E-state index contributed by atoms with van der Waals surface area (Å²) < 4.78 is 11.6. The fourth-order valence-electron chi connectivity index (χ4n) is 5.82. The zero-order valence-corrected chi connectivity index (χ0v) is 22.2. The number of rotatable bonds is 5. The number of likely N-dealkylation sites (N-methyl/N-ethyl adjacent to an activating group) is 1. The summed E-state index contributed by atoms with van der Waals surface area (Å²) in [5, 5.41) is 9.63. The van der Waals surface area contributed by atoms with Crippen molar-refractivity contribution in [2.24, 2.45) is 5.41 Å². The van der Waals surface area contributed by atoms with Gasteiger partial charge in [0.05, 0.1) is 5.69 Å². The van der Waals surface area contributed by atoms with Crippen LogP contribution >= 0.6 is 0 Å². The first-order chi connectivity index (χ1) is 19.0. The zero-order chi connectivity index (χ0) is 26.8. The van der Waals surface area contributed by atoms with Crippen LogP contribution in [0, 0.1) is 5.41 Å². The minimum atomic E-state index is -0.863. The molecule has 204 valence electrons. The maximum atomic E-state index is 13.4. The van der Waals surface area contributed by atoms with Gasteiger partial charge in [0.25, 0.3) is 11.8 Å². The number of benzene rings is 2. The van der Waals surface area contributed by atoms with Gasteiger partial charge in [-0.25, -0.2) is 4.98 Å². The first-order valence-corrected chi connectivity index (χ1v) is 13.6. The topological polar surface area (TPSA) is 113 Å². The third-order valence-electron chi connectivity index (χ3n) is 8.34. The lowest BCUT2D eigenvalue weighted by atomic mass is 9.72. The van der Waals surface area contributed by atoms with Gasteiger partial charge in [0.1, 0.15) is 24.2 Å². The van der Waals surface area contributed by atoms with Gasteiger partial charge in [-0.15, -0.1) is 5.10 Å². The van der Waals surface area contributed by atoms with Crippen LogP contribution in [0.2, 0.25) is 0 Å². The highest BCUT2D eigenvalue weighted by atomic mass is 16.5. The smallest absolute Gasteiger partial charge is 0.291 e. The highest BCUT2D eigenvalue weighted by molar-refractivity contribution is 6.02. The minimum absolute atomic E-state index is 0.00664. The Hall–Kier alpha value is -3.92. The van der Waals surface area contributed by atoms with Crippen molar-refractivity contribution in [2.45, 2.75) is 38.1 Å². The molecule has 1 atom stereocenters. The third kappa shape index (κ3) is 5.34. The first-order valence-electron chi connectivity index (χ1n) is 13.6. The zero-order valence-electron chi connectivity index (χ0n) is 22.2. The number of amides is 2. The number of aromatic nitrogens is 3. The van der Waals surface area contributed by atoms with E-state index in [9.17, 15) is 9.59 Å². The van der Waals surface area contributed by atoms with E-state index in [2.05, 4.69) is 31.5 Å². The molecule has 1 aromatic heterocycles. The van der Waals surface area contributed by atoms with E-state index in [0.29, 0.717) is 29.1 Å². The summed E-state index contributed by atoms with van der Waals surface area (Å²) in [5.41, 5.74) is 3.24. The van der Waals surface area contributed by atoms with Crippen molar-refractivity contribution in [3.8, 4) is 5.75 Å². The van der Waals surface area contributed by atoms with Crippen LogP contribution in [0.15, 0.2) is 48.5 Å². The van der Waals surface area contributed by atoms with Gasteiger partial charge in [-0.1, -0.05) is 30.3 Å². The molecular weight excluding hydrogens is 496 g/mol. The number of H-pyrrole nitrogens is 1. The number of nitrogens with zero attached hydrogens (tertiary/aromatic N) is 4. The second-order valence-corrected chi connectivity index (χ2v) is 10.8. The number of nitrogens with one attached hydrogen (secondary N) is 2. The molecule has 0 saturated carbocycles. The lowest BCUT2D eigenvalue weighted by Crippen LogP contribution is -2.49. The van der Waals surface area contributed by atoms with Crippen LogP contribution in [0.3, 0.4) is 0 Å². The fourth-order valence-corrected chi connectivity index (χ4v) is 5.82. The summed E-state index contributed by atoms with van der Waals surface area (Å²) in [5.74, 6) is 0.412. The van der Waals surface area contributed by atoms with E-state index >= 15 is 0 Å². The molecule has 0 radical (unpaired) electrons. The number of aromatic amines is 1. The van der Waals surface area contributed by atoms with Gasteiger partial charge in [-0.2, -0.15) is 0 Å².